The monoisotopic (exact) mass is 362 g/mol. The molecule has 104 valence electrons. The van der Waals surface area contributed by atoms with Crippen molar-refractivity contribution in [3.8, 4) is 11.1 Å². The predicted octanol–water partition coefficient (Wildman–Crippen LogP) is 5.28. The van der Waals surface area contributed by atoms with Gasteiger partial charge in [0.15, 0.2) is 0 Å². The minimum absolute atomic E-state index is 0. The van der Waals surface area contributed by atoms with Gasteiger partial charge >= 0.3 is 17.1 Å². The van der Waals surface area contributed by atoms with Gasteiger partial charge in [0.2, 0.25) is 0 Å². The van der Waals surface area contributed by atoms with Gasteiger partial charge in [-0.15, -0.1) is 56.2 Å². The Morgan fingerprint density at radius 1 is 0.950 bits per heavy atom. The Labute approximate surface area is 142 Å². The van der Waals surface area contributed by atoms with E-state index < -0.39 is 0 Å². The maximum Gasteiger partial charge on any atom is 2.00 e. The molecule has 0 radical (unpaired) electrons. The van der Waals surface area contributed by atoms with Crippen molar-refractivity contribution in [2.24, 2.45) is 0 Å². The molecule has 0 saturated carbocycles. The molecule has 0 aromatic heterocycles. The fraction of sp³-hybridized carbons (Fsp3) is 0. The Bertz CT molecular complexity index is 598. The van der Waals surface area contributed by atoms with Crippen molar-refractivity contribution in [1.29, 1.82) is 0 Å². The molecule has 0 bridgehead atoms. The van der Waals surface area contributed by atoms with Crippen LogP contribution in [-0.4, -0.2) is 0 Å². The SMILES string of the molecule is Pc1cc(Cl)c(Cl)[c-]1-c1ccccc1.[Fe+2].c1cc[cH-]c1. The van der Waals surface area contributed by atoms with E-state index in [1.54, 1.807) is 0 Å². The van der Waals surface area contributed by atoms with Gasteiger partial charge in [0.1, 0.15) is 0 Å². The van der Waals surface area contributed by atoms with Gasteiger partial charge in [0.05, 0.1) is 0 Å². The second-order valence-electron chi connectivity index (χ2n) is 3.96. The summed E-state index contributed by atoms with van der Waals surface area (Å²) in [6.45, 7) is 0. The van der Waals surface area contributed by atoms with Gasteiger partial charge in [-0.25, -0.2) is 12.1 Å². The second-order valence-corrected chi connectivity index (χ2v) is 5.37. The standard InChI is InChI=1S/C11H8Cl2P.C5H5.Fe/c12-8-6-9(14)10(11(8)13)7-4-2-1-3-5-7;1-2-4-5-3-1;/h1-6H,14H2;1-5H;/q2*-1;+2. The van der Waals surface area contributed by atoms with E-state index in [0.29, 0.717) is 10.0 Å². The Hall–Kier alpha value is -0.551. The summed E-state index contributed by atoms with van der Waals surface area (Å²) < 4.78 is 0. The normalized spacial score (nSPS) is 9.35. The van der Waals surface area contributed by atoms with Gasteiger partial charge in [-0.3, -0.25) is 0 Å². The number of benzene rings is 1. The van der Waals surface area contributed by atoms with Crippen molar-refractivity contribution in [3.63, 3.8) is 0 Å². The topological polar surface area (TPSA) is 0 Å². The first-order valence-electron chi connectivity index (χ1n) is 5.82. The molecule has 1 unspecified atom stereocenters. The van der Waals surface area contributed by atoms with Crippen molar-refractivity contribution in [2.75, 3.05) is 0 Å². The minimum atomic E-state index is 0. The Morgan fingerprint density at radius 3 is 1.95 bits per heavy atom. The smallest absolute Gasteiger partial charge is 0.214 e. The van der Waals surface area contributed by atoms with Gasteiger partial charge in [-0.1, -0.05) is 29.1 Å². The van der Waals surface area contributed by atoms with E-state index in [1.807, 2.05) is 66.7 Å². The molecule has 0 aliphatic rings. The summed E-state index contributed by atoms with van der Waals surface area (Å²) in [7, 11) is 2.65. The van der Waals surface area contributed by atoms with E-state index >= 15 is 0 Å². The molecule has 3 rings (SSSR count). The molecule has 20 heavy (non-hydrogen) atoms. The molecule has 0 N–H and O–H groups in total. The van der Waals surface area contributed by atoms with Crippen molar-refractivity contribution >= 4 is 37.7 Å². The number of halogens is 2. The van der Waals surface area contributed by atoms with Crippen molar-refractivity contribution in [3.05, 3.63) is 76.8 Å². The molecule has 0 nitrogen and oxygen atoms in total. The van der Waals surface area contributed by atoms with Crippen molar-refractivity contribution < 1.29 is 17.1 Å². The van der Waals surface area contributed by atoms with Crippen LogP contribution < -0.4 is 5.30 Å². The summed E-state index contributed by atoms with van der Waals surface area (Å²) in [5.74, 6) is 0. The molecule has 3 aromatic rings. The quantitative estimate of drug-likeness (QED) is 0.314. The van der Waals surface area contributed by atoms with Gasteiger partial charge < -0.3 is 0 Å². The molecule has 0 spiro atoms. The molecule has 0 aliphatic heterocycles. The molecule has 0 heterocycles. The van der Waals surface area contributed by atoms with Crippen LogP contribution in [0.5, 0.6) is 0 Å². The van der Waals surface area contributed by atoms with E-state index in [1.165, 1.54) is 0 Å². The molecular formula is C16H13Cl2FeP. The molecule has 0 saturated heterocycles. The van der Waals surface area contributed by atoms with Crippen LogP contribution in [0.3, 0.4) is 0 Å². The van der Waals surface area contributed by atoms with E-state index in [-0.39, 0.29) is 17.1 Å². The molecular weight excluding hydrogens is 350 g/mol. The fourth-order valence-electron chi connectivity index (χ4n) is 1.74. The summed E-state index contributed by atoms with van der Waals surface area (Å²) in [6, 6.07) is 21.8. The largest absolute Gasteiger partial charge is 2.00 e. The van der Waals surface area contributed by atoms with Gasteiger partial charge in [0, 0.05) is 0 Å². The minimum Gasteiger partial charge on any atom is -0.214 e. The Balaban J connectivity index is 0.000000283. The van der Waals surface area contributed by atoms with E-state index in [0.717, 1.165) is 16.4 Å². The number of rotatable bonds is 1. The van der Waals surface area contributed by atoms with Crippen LogP contribution in [0.4, 0.5) is 0 Å². The zero-order valence-electron chi connectivity index (χ0n) is 10.5. The number of hydrogen-bond acceptors (Lipinski definition) is 0. The van der Waals surface area contributed by atoms with E-state index in [2.05, 4.69) is 9.24 Å². The molecule has 4 heteroatoms. The predicted molar refractivity (Wildman–Crippen MR) is 88.9 cm³/mol. The van der Waals surface area contributed by atoms with Gasteiger partial charge in [-0.2, -0.15) is 18.2 Å². The van der Waals surface area contributed by atoms with Crippen LogP contribution >= 0.6 is 32.4 Å². The summed E-state index contributed by atoms with van der Waals surface area (Å²) >= 11 is 12.0. The summed E-state index contributed by atoms with van der Waals surface area (Å²) in [6.07, 6.45) is 0. The molecule has 0 aliphatic carbocycles. The molecule has 0 fully saturated rings. The molecule has 3 aromatic carbocycles. The van der Waals surface area contributed by atoms with Crippen LogP contribution in [0.1, 0.15) is 0 Å². The average molecular weight is 363 g/mol. The first kappa shape index (κ1) is 17.5. The van der Waals surface area contributed by atoms with Gasteiger partial charge in [-0.05, 0) is 10.0 Å². The first-order chi connectivity index (χ1) is 9.20. The summed E-state index contributed by atoms with van der Waals surface area (Å²) in [5.41, 5.74) is 2.09. The van der Waals surface area contributed by atoms with Crippen molar-refractivity contribution in [2.45, 2.75) is 0 Å². The molecule has 0 amide bonds. The average Bonchev–Trinajstić information content (AvgIpc) is 3.05. The zero-order chi connectivity index (χ0) is 13.7. The van der Waals surface area contributed by atoms with Crippen LogP contribution in [0, 0.1) is 0 Å². The zero-order valence-corrected chi connectivity index (χ0v) is 14.3. The second kappa shape index (κ2) is 8.67. The van der Waals surface area contributed by atoms with Gasteiger partial charge in [0.25, 0.3) is 0 Å². The third-order valence-corrected chi connectivity index (χ3v) is 3.86. The van der Waals surface area contributed by atoms with Crippen molar-refractivity contribution in [1.82, 2.24) is 0 Å². The number of hydrogen-bond donors (Lipinski definition) is 0. The fourth-order valence-corrected chi connectivity index (χ4v) is 2.90. The Morgan fingerprint density at radius 2 is 1.55 bits per heavy atom. The van der Waals surface area contributed by atoms with Crippen LogP contribution in [-0.2, 0) is 17.1 Å². The summed E-state index contributed by atoms with van der Waals surface area (Å²) in [4.78, 5) is 0. The first-order valence-corrected chi connectivity index (χ1v) is 7.15. The third-order valence-electron chi connectivity index (χ3n) is 2.62. The van der Waals surface area contributed by atoms with Crippen LogP contribution in [0.15, 0.2) is 66.7 Å². The van der Waals surface area contributed by atoms with E-state index in [4.69, 9.17) is 23.2 Å². The maximum absolute atomic E-state index is 6.10. The third kappa shape index (κ3) is 4.48. The van der Waals surface area contributed by atoms with Crippen LogP contribution in [0.2, 0.25) is 10.0 Å². The Kier molecular flexibility index (Phi) is 7.59. The summed E-state index contributed by atoms with van der Waals surface area (Å²) in [5, 5.41) is 2.27. The maximum atomic E-state index is 6.10. The van der Waals surface area contributed by atoms with E-state index in [9.17, 15) is 0 Å². The molecule has 1 atom stereocenters. The van der Waals surface area contributed by atoms with Crippen LogP contribution in [0.25, 0.3) is 11.1 Å².